The van der Waals surface area contributed by atoms with Crippen LogP contribution in [0.5, 0.6) is 0 Å². The SMILES string of the molecule is Cc1ccc(C(CN)Nc2ccc(F)c(Br)c2)cc1C. The Labute approximate surface area is 127 Å². The molecule has 0 saturated carbocycles. The van der Waals surface area contributed by atoms with Crippen molar-refractivity contribution in [2.45, 2.75) is 19.9 Å². The Morgan fingerprint density at radius 2 is 1.90 bits per heavy atom. The Balaban J connectivity index is 2.23. The van der Waals surface area contributed by atoms with Crippen LogP contribution in [0.1, 0.15) is 22.7 Å². The molecule has 106 valence electrons. The van der Waals surface area contributed by atoms with E-state index in [1.165, 1.54) is 17.2 Å². The molecule has 20 heavy (non-hydrogen) atoms. The van der Waals surface area contributed by atoms with Gasteiger partial charge in [0.15, 0.2) is 0 Å². The molecule has 1 unspecified atom stereocenters. The van der Waals surface area contributed by atoms with E-state index in [0.29, 0.717) is 11.0 Å². The van der Waals surface area contributed by atoms with Gasteiger partial charge in [0, 0.05) is 12.2 Å². The standard InChI is InChI=1S/C16H18BrFN2/c1-10-3-4-12(7-11(10)2)16(9-19)20-13-5-6-15(18)14(17)8-13/h3-8,16,20H,9,19H2,1-2H3. The second-order valence-corrected chi connectivity index (χ2v) is 5.76. The molecule has 2 aromatic rings. The highest BCUT2D eigenvalue weighted by Crippen LogP contribution is 2.24. The number of rotatable bonds is 4. The second-order valence-electron chi connectivity index (χ2n) is 4.91. The predicted molar refractivity (Wildman–Crippen MR) is 85.4 cm³/mol. The van der Waals surface area contributed by atoms with Crippen LogP contribution in [-0.2, 0) is 0 Å². The normalized spacial score (nSPS) is 12.2. The molecule has 0 amide bonds. The third kappa shape index (κ3) is 3.38. The van der Waals surface area contributed by atoms with Gasteiger partial charge in [-0.3, -0.25) is 0 Å². The Kier molecular flexibility index (Phi) is 4.78. The van der Waals surface area contributed by atoms with Crippen LogP contribution in [0.2, 0.25) is 0 Å². The first kappa shape index (κ1) is 15.0. The molecule has 1 atom stereocenters. The van der Waals surface area contributed by atoms with Gasteiger partial charge in [-0.25, -0.2) is 4.39 Å². The first-order chi connectivity index (χ1) is 9.51. The quantitative estimate of drug-likeness (QED) is 0.872. The Bertz CT molecular complexity index is 613. The van der Waals surface area contributed by atoms with Crippen molar-refractivity contribution in [2.24, 2.45) is 5.73 Å². The molecule has 2 rings (SSSR count). The summed E-state index contributed by atoms with van der Waals surface area (Å²) in [4.78, 5) is 0. The van der Waals surface area contributed by atoms with Crippen LogP contribution >= 0.6 is 15.9 Å². The van der Waals surface area contributed by atoms with Crippen LogP contribution in [-0.4, -0.2) is 6.54 Å². The lowest BCUT2D eigenvalue weighted by Crippen LogP contribution is -2.20. The highest BCUT2D eigenvalue weighted by atomic mass is 79.9. The molecule has 0 aliphatic rings. The highest BCUT2D eigenvalue weighted by Gasteiger charge is 2.11. The highest BCUT2D eigenvalue weighted by molar-refractivity contribution is 9.10. The molecule has 0 heterocycles. The first-order valence-electron chi connectivity index (χ1n) is 6.50. The van der Waals surface area contributed by atoms with E-state index in [0.717, 1.165) is 11.3 Å². The summed E-state index contributed by atoms with van der Waals surface area (Å²) in [5, 5.41) is 3.34. The molecule has 3 N–H and O–H groups in total. The van der Waals surface area contributed by atoms with Gasteiger partial charge in [0.05, 0.1) is 10.5 Å². The van der Waals surface area contributed by atoms with Gasteiger partial charge in [0.25, 0.3) is 0 Å². The average molecular weight is 337 g/mol. The number of benzene rings is 2. The summed E-state index contributed by atoms with van der Waals surface area (Å²) in [6.07, 6.45) is 0. The van der Waals surface area contributed by atoms with Gasteiger partial charge >= 0.3 is 0 Å². The van der Waals surface area contributed by atoms with Crippen molar-refractivity contribution >= 4 is 21.6 Å². The number of hydrogen-bond acceptors (Lipinski definition) is 2. The fraction of sp³-hybridized carbons (Fsp3) is 0.250. The van der Waals surface area contributed by atoms with Crippen LogP contribution in [0.15, 0.2) is 40.9 Å². The molecule has 0 bridgehead atoms. The van der Waals surface area contributed by atoms with Gasteiger partial charge in [-0.05, 0) is 64.7 Å². The van der Waals surface area contributed by atoms with Gasteiger partial charge in [0.1, 0.15) is 5.82 Å². The molecule has 0 fully saturated rings. The van der Waals surface area contributed by atoms with Crippen molar-refractivity contribution in [3.8, 4) is 0 Å². The second kappa shape index (κ2) is 6.37. The molecule has 2 nitrogen and oxygen atoms in total. The van der Waals surface area contributed by atoms with E-state index in [2.05, 4.69) is 53.3 Å². The zero-order valence-electron chi connectivity index (χ0n) is 11.6. The third-order valence-electron chi connectivity index (χ3n) is 3.43. The molecule has 0 spiro atoms. The number of aryl methyl sites for hydroxylation is 2. The van der Waals surface area contributed by atoms with E-state index in [1.807, 2.05) is 0 Å². The topological polar surface area (TPSA) is 38.0 Å². The zero-order chi connectivity index (χ0) is 14.7. The summed E-state index contributed by atoms with van der Waals surface area (Å²) in [5.41, 5.74) is 10.3. The number of anilines is 1. The van der Waals surface area contributed by atoms with Crippen molar-refractivity contribution in [3.63, 3.8) is 0 Å². The molecular formula is C16H18BrFN2. The Morgan fingerprint density at radius 3 is 2.50 bits per heavy atom. The van der Waals surface area contributed by atoms with Crippen LogP contribution in [0.25, 0.3) is 0 Å². The van der Waals surface area contributed by atoms with Gasteiger partial charge in [-0.2, -0.15) is 0 Å². The van der Waals surface area contributed by atoms with Crippen molar-refractivity contribution in [1.29, 1.82) is 0 Å². The summed E-state index contributed by atoms with van der Waals surface area (Å²) in [5.74, 6) is -0.272. The van der Waals surface area contributed by atoms with Gasteiger partial charge in [-0.15, -0.1) is 0 Å². The van der Waals surface area contributed by atoms with Crippen molar-refractivity contribution in [2.75, 3.05) is 11.9 Å². The van der Waals surface area contributed by atoms with E-state index >= 15 is 0 Å². The molecule has 0 aliphatic heterocycles. The van der Waals surface area contributed by atoms with E-state index in [4.69, 9.17) is 5.73 Å². The zero-order valence-corrected chi connectivity index (χ0v) is 13.2. The fourth-order valence-electron chi connectivity index (χ4n) is 2.05. The minimum absolute atomic E-state index is 0.00617. The molecule has 0 aliphatic carbocycles. The van der Waals surface area contributed by atoms with Gasteiger partial charge < -0.3 is 11.1 Å². The first-order valence-corrected chi connectivity index (χ1v) is 7.29. The summed E-state index contributed by atoms with van der Waals surface area (Å²) in [7, 11) is 0. The number of nitrogens with one attached hydrogen (secondary N) is 1. The minimum atomic E-state index is -0.272. The summed E-state index contributed by atoms with van der Waals surface area (Å²) < 4.78 is 13.7. The van der Waals surface area contributed by atoms with Crippen LogP contribution in [0.3, 0.4) is 0 Å². The van der Waals surface area contributed by atoms with Crippen molar-refractivity contribution < 1.29 is 4.39 Å². The van der Waals surface area contributed by atoms with Crippen molar-refractivity contribution in [3.05, 3.63) is 63.4 Å². The lowest BCUT2D eigenvalue weighted by atomic mass is 10.0. The van der Waals surface area contributed by atoms with Crippen LogP contribution in [0, 0.1) is 19.7 Å². The lowest BCUT2D eigenvalue weighted by Gasteiger charge is -2.20. The van der Waals surface area contributed by atoms with Crippen LogP contribution in [0.4, 0.5) is 10.1 Å². The largest absolute Gasteiger partial charge is 0.377 e. The summed E-state index contributed by atoms with van der Waals surface area (Å²) in [6.45, 7) is 4.64. The maximum absolute atomic E-state index is 13.2. The van der Waals surface area contributed by atoms with E-state index in [-0.39, 0.29) is 11.9 Å². The predicted octanol–water partition coefficient (Wildman–Crippen LogP) is 4.32. The Hall–Kier alpha value is -1.39. The average Bonchev–Trinajstić information content (AvgIpc) is 2.43. The monoisotopic (exact) mass is 336 g/mol. The Morgan fingerprint density at radius 1 is 1.15 bits per heavy atom. The molecule has 2 aromatic carbocycles. The molecule has 0 aromatic heterocycles. The van der Waals surface area contributed by atoms with Gasteiger partial charge in [0.2, 0.25) is 0 Å². The lowest BCUT2D eigenvalue weighted by molar-refractivity contribution is 0.621. The fourth-order valence-corrected chi connectivity index (χ4v) is 2.43. The van der Waals surface area contributed by atoms with Crippen LogP contribution < -0.4 is 11.1 Å². The maximum atomic E-state index is 13.2. The van der Waals surface area contributed by atoms with E-state index in [1.54, 1.807) is 12.1 Å². The van der Waals surface area contributed by atoms with Crippen molar-refractivity contribution in [1.82, 2.24) is 0 Å². The maximum Gasteiger partial charge on any atom is 0.137 e. The smallest absolute Gasteiger partial charge is 0.137 e. The number of nitrogens with two attached hydrogens (primary N) is 1. The molecule has 0 saturated heterocycles. The minimum Gasteiger partial charge on any atom is -0.377 e. The third-order valence-corrected chi connectivity index (χ3v) is 4.04. The number of halogens is 2. The van der Waals surface area contributed by atoms with E-state index in [9.17, 15) is 4.39 Å². The van der Waals surface area contributed by atoms with Gasteiger partial charge in [-0.1, -0.05) is 18.2 Å². The summed E-state index contributed by atoms with van der Waals surface area (Å²) >= 11 is 3.19. The molecule has 0 radical (unpaired) electrons. The number of hydrogen-bond donors (Lipinski definition) is 2. The van der Waals surface area contributed by atoms with E-state index < -0.39 is 0 Å². The summed E-state index contributed by atoms with van der Waals surface area (Å²) in [6, 6.07) is 11.2. The molecule has 4 heteroatoms. The molecular weight excluding hydrogens is 319 g/mol.